The highest BCUT2D eigenvalue weighted by Crippen LogP contribution is 2.52. The number of carbonyl (C=O) groups is 1. The van der Waals surface area contributed by atoms with E-state index in [4.69, 9.17) is 5.26 Å². The quantitative estimate of drug-likeness (QED) is 0.510. The van der Waals surface area contributed by atoms with Crippen LogP contribution < -0.4 is 15.4 Å². The van der Waals surface area contributed by atoms with Gasteiger partial charge in [-0.1, -0.05) is 12.1 Å². The summed E-state index contributed by atoms with van der Waals surface area (Å²) in [6.07, 6.45) is 0. The van der Waals surface area contributed by atoms with Crippen molar-refractivity contribution < 1.29 is 13.9 Å². The van der Waals surface area contributed by atoms with Gasteiger partial charge in [0.2, 0.25) is 0 Å². The van der Waals surface area contributed by atoms with Crippen molar-refractivity contribution in [3.05, 3.63) is 46.1 Å². The average molecular weight is 410 g/mol. The maximum absolute atomic E-state index is 12.2. The number of nitrogens with one attached hydrogen (secondary N) is 3. The lowest BCUT2D eigenvalue weighted by Crippen LogP contribution is -2.21. The molecule has 2 heterocycles. The van der Waals surface area contributed by atoms with E-state index in [-0.39, 0.29) is 17.3 Å². The first-order chi connectivity index (χ1) is 11.4. The molecule has 124 valence electrons. The molecule has 0 radical (unpaired) electrons. The summed E-state index contributed by atoms with van der Waals surface area (Å²) in [5.41, 5.74) is 1.44. The first-order valence-electron chi connectivity index (χ1n) is 6.68. The molecule has 8 nitrogen and oxygen atoms in total. The van der Waals surface area contributed by atoms with Crippen LogP contribution in [0.2, 0.25) is 0 Å². The highest BCUT2D eigenvalue weighted by Gasteiger charge is 2.29. The molecule has 2 amide bonds. The molecule has 0 spiro atoms. The Morgan fingerprint density at radius 2 is 2.12 bits per heavy atom. The number of aromatic nitrogens is 1. The van der Waals surface area contributed by atoms with Crippen molar-refractivity contribution in [2.75, 3.05) is 15.4 Å². The lowest BCUT2D eigenvalue weighted by Gasteiger charge is -2.26. The molecule has 0 aliphatic carbocycles. The van der Waals surface area contributed by atoms with Gasteiger partial charge in [-0.3, -0.25) is 19.1 Å². The second-order valence-corrected chi connectivity index (χ2v) is 7.65. The van der Waals surface area contributed by atoms with Crippen LogP contribution in [0.3, 0.4) is 0 Å². The van der Waals surface area contributed by atoms with Crippen LogP contribution in [0.25, 0.3) is 0 Å². The number of para-hydroxylation sites is 1. The molecule has 1 aromatic heterocycles. The van der Waals surface area contributed by atoms with Gasteiger partial charge in [0, 0.05) is 10.0 Å². The van der Waals surface area contributed by atoms with Crippen LogP contribution in [-0.4, -0.2) is 20.1 Å². The second kappa shape index (κ2) is 6.29. The highest BCUT2D eigenvalue weighted by molar-refractivity contribution is 9.10. The molecule has 2 aromatic rings. The van der Waals surface area contributed by atoms with E-state index < -0.39 is 16.8 Å². The van der Waals surface area contributed by atoms with Gasteiger partial charge in [0.05, 0.1) is 11.4 Å². The fourth-order valence-corrected chi connectivity index (χ4v) is 3.89. The number of anilines is 3. The number of pyridine rings is 1. The fraction of sp³-hybridized carbons (Fsp3) is 0.0714. The standard InChI is InChI=1S/C14H12BrN5O3S/c15-10-3-1-2-4-11(10)18-14(21)19-13-12-8(5-9(6-16)17-13)7-24(22,23)20-12/h1-5,20,22-23H,7H2,(H2,17,18,19,21). The third-order valence-electron chi connectivity index (χ3n) is 3.19. The van der Waals surface area contributed by atoms with Crippen molar-refractivity contribution in [1.29, 1.82) is 5.26 Å². The molecule has 10 heteroatoms. The van der Waals surface area contributed by atoms with Crippen molar-refractivity contribution in [2.45, 2.75) is 5.75 Å². The van der Waals surface area contributed by atoms with Crippen LogP contribution in [0.5, 0.6) is 0 Å². The molecule has 24 heavy (non-hydrogen) atoms. The lowest BCUT2D eigenvalue weighted by atomic mass is 10.2. The summed E-state index contributed by atoms with van der Waals surface area (Å²) in [6.45, 7) is 0. The van der Waals surface area contributed by atoms with Gasteiger partial charge >= 0.3 is 6.03 Å². The molecule has 1 aliphatic heterocycles. The number of fused-ring (bicyclic) bond motifs is 1. The molecule has 1 aliphatic rings. The number of hydrogen-bond acceptors (Lipinski definition) is 6. The van der Waals surface area contributed by atoms with Crippen LogP contribution in [0.15, 0.2) is 34.8 Å². The van der Waals surface area contributed by atoms with Gasteiger partial charge in [-0.05, 0) is 34.1 Å². The van der Waals surface area contributed by atoms with E-state index in [0.717, 1.165) is 0 Å². The largest absolute Gasteiger partial charge is 0.324 e. The predicted molar refractivity (Wildman–Crippen MR) is 95.9 cm³/mol. The van der Waals surface area contributed by atoms with E-state index >= 15 is 0 Å². The van der Waals surface area contributed by atoms with Crippen molar-refractivity contribution in [1.82, 2.24) is 4.98 Å². The maximum atomic E-state index is 12.2. The zero-order valence-corrected chi connectivity index (χ0v) is 14.5. The Morgan fingerprint density at radius 3 is 2.83 bits per heavy atom. The summed E-state index contributed by atoms with van der Waals surface area (Å²) in [6, 6.07) is 9.84. The minimum absolute atomic E-state index is 0.0416. The summed E-state index contributed by atoms with van der Waals surface area (Å²) in [7, 11) is -3.03. The molecule has 0 saturated heterocycles. The van der Waals surface area contributed by atoms with Crippen molar-refractivity contribution in [2.24, 2.45) is 0 Å². The average Bonchev–Trinajstić information content (AvgIpc) is 2.83. The zero-order chi connectivity index (χ0) is 17.3. The van der Waals surface area contributed by atoms with Gasteiger partial charge in [0.15, 0.2) is 5.82 Å². The summed E-state index contributed by atoms with van der Waals surface area (Å²) in [5.74, 6) is 0.0196. The van der Waals surface area contributed by atoms with Crippen LogP contribution in [0.4, 0.5) is 22.0 Å². The number of amides is 2. The van der Waals surface area contributed by atoms with Gasteiger partial charge in [0.25, 0.3) is 0 Å². The molecule has 0 bridgehead atoms. The topological polar surface area (TPSA) is 130 Å². The Labute approximate surface area is 147 Å². The third kappa shape index (κ3) is 3.44. The first-order valence-corrected chi connectivity index (χ1v) is 9.19. The Bertz CT molecular complexity index is 868. The summed E-state index contributed by atoms with van der Waals surface area (Å²) in [5, 5.41) is 14.2. The number of hydrogen-bond donors (Lipinski definition) is 5. The molecule has 0 saturated carbocycles. The zero-order valence-electron chi connectivity index (χ0n) is 12.1. The molecule has 5 N–H and O–H groups in total. The Balaban J connectivity index is 1.86. The molecule has 3 rings (SSSR count). The first kappa shape index (κ1) is 16.5. The van der Waals surface area contributed by atoms with E-state index in [0.29, 0.717) is 21.4 Å². The van der Waals surface area contributed by atoms with Gasteiger partial charge in [0.1, 0.15) is 17.5 Å². The van der Waals surface area contributed by atoms with Gasteiger partial charge in [-0.25, -0.2) is 9.78 Å². The van der Waals surface area contributed by atoms with Crippen molar-refractivity contribution in [3.8, 4) is 6.07 Å². The molecular weight excluding hydrogens is 398 g/mol. The molecule has 1 aromatic carbocycles. The molecule has 0 atom stereocenters. The molecular formula is C14H12BrN5O3S. The SMILES string of the molecule is N#Cc1cc2c(c(NC(=O)Nc3ccccc3Br)n1)NS(O)(O)C2. The predicted octanol–water partition coefficient (Wildman–Crippen LogP) is 3.95. The Morgan fingerprint density at radius 1 is 1.38 bits per heavy atom. The normalized spacial score (nSPS) is 15.6. The Hall–Kier alpha value is -2.32. The fourth-order valence-electron chi connectivity index (χ4n) is 2.21. The van der Waals surface area contributed by atoms with E-state index in [1.165, 1.54) is 6.07 Å². The van der Waals surface area contributed by atoms with Crippen LogP contribution in [0.1, 0.15) is 11.3 Å². The van der Waals surface area contributed by atoms with Crippen LogP contribution in [0, 0.1) is 11.3 Å². The number of urea groups is 1. The molecule has 0 unspecified atom stereocenters. The van der Waals surface area contributed by atoms with Gasteiger partial charge in [-0.15, -0.1) is 10.8 Å². The van der Waals surface area contributed by atoms with Gasteiger partial charge < -0.3 is 5.32 Å². The highest BCUT2D eigenvalue weighted by atomic mass is 79.9. The minimum Gasteiger partial charge on any atom is -0.307 e. The monoisotopic (exact) mass is 409 g/mol. The van der Waals surface area contributed by atoms with Gasteiger partial charge in [-0.2, -0.15) is 5.26 Å². The summed E-state index contributed by atoms with van der Waals surface area (Å²) in [4.78, 5) is 16.2. The van der Waals surface area contributed by atoms with E-state index in [1.807, 2.05) is 12.1 Å². The number of nitrogens with zero attached hydrogens (tertiary/aromatic N) is 2. The lowest BCUT2D eigenvalue weighted by molar-refractivity contribution is 0.262. The number of halogens is 1. The van der Waals surface area contributed by atoms with Crippen molar-refractivity contribution in [3.63, 3.8) is 0 Å². The number of carbonyl (C=O) groups excluding carboxylic acids is 1. The van der Waals surface area contributed by atoms with Crippen LogP contribution in [-0.2, 0) is 5.75 Å². The maximum Gasteiger partial charge on any atom is 0.324 e. The van der Waals surface area contributed by atoms with E-state index in [2.05, 4.69) is 36.3 Å². The minimum atomic E-state index is -3.03. The van der Waals surface area contributed by atoms with E-state index in [1.54, 1.807) is 18.2 Å². The van der Waals surface area contributed by atoms with Crippen LogP contribution >= 0.6 is 26.7 Å². The summed E-state index contributed by atoms with van der Waals surface area (Å²) >= 11 is 3.32. The smallest absolute Gasteiger partial charge is 0.307 e. The third-order valence-corrected chi connectivity index (χ3v) is 5.13. The van der Waals surface area contributed by atoms with E-state index in [9.17, 15) is 13.9 Å². The van der Waals surface area contributed by atoms with Crippen molar-refractivity contribution >= 4 is 49.9 Å². The molecule has 0 fully saturated rings. The second-order valence-electron chi connectivity index (χ2n) is 4.97. The summed E-state index contributed by atoms with van der Waals surface area (Å²) < 4.78 is 22.8. The number of benzene rings is 1. The number of nitriles is 1. The Kier molecular flexibility index (Phi) is 4.33. The number of rotatable bonds is 2.